The van der Waals surface area contributed by atoms with E-state index in [1.807, 2.05) is 13.0 Å². The summed E-state index contributed by atoms with van der Waals surface area (Å²) in [6, 6.07) is 1.85. The number of esters is 1. The lowest BCUT2D eigenvalue weighted by atomic mass is 10.3. The largest absolute Gasteiger partial charge is 0.477 e. The molecule has 0 atom stereocenters. The molecule has 0 amide bonds. The minimum Gasteiger partial charge on any atom is -0.477 e. The molecule has 0 radical (unpaired) electrons. The van der Waals surface area contributed by atoms with Gasteiger partial charge in [-0.1, -0.05) is 11.3 Å². The van der Waals surface area contributed by atoms with Crippen molar-refractivity contribution in [1.29, 1.82) is 0 Å². The average Bonchev–Trinajstić information content (AvgIpc) is 3.02. The summed E-state index contributed by atoms with van der Waals surface area (Å²) < 4.78 is 5.00. The van der Waals surface area contributed by atoms with Gasteiger partial charge in [0, 0.05) is 45.7 Å². The number of thiazole rings is 1. The Hall–Kier alpha value is -2.79. The highest BCUT2D eigenvalue weighted by Crippen LogP contribution is 2.26. The molecule has 2 aromatic rings. The molecule has 1 aliphatic heterocycles. The standard InChI is InChI=1S/C18H24N6O4S/c1-11-16(17(26)27)29-18(19-11)22-14-10-15(21-12(2)20-14)24-6-4-23(5-7-24)8-9-28-13(3)25/h10H,4-9H2,1-3H3,(H,26,27)(H,19,20,21,22). The van der Waals surface area contributed by atoms with Crippen LogP contribution in [0.3, 0.4) is 0 Å². The van der Waals surface area contributed by atoms with Gasteiger partial charge in [0.05, 0.1) is 5.69 Å². The van der Waals surface area contributed by atoms with Gasteiger partial charge in [0.25, 0.3) is 0 Å². The number of hydrogen-bond donors (Lipinski definition) is 2. The topological polar surface area (TPSA) is 121 Å². The molecule has 29 heavy (non-hydrogen) atoms. The van der Waals surface area contributed by atoms with E-state index in [-0.39, 0.29) is 10.8 Å². The molecule has 11 heteroatoms. The van der Waals surface area contributed by atoms with E-state index in [0.29, 0.717) is 29.1 Å². The number of hydrogen-bond acceptors (Lipinski definition) is 10. The first-order chi connectivity index (χ1) is 13.8. The normalized spacial score (nSPS) is 14.7. The van der Waals surface area contributed by atoms with Crippen molar-refractivity contribution in [2.24, 2.45) is 0 Å². The molecule has 0 aromatic carbocycles. The summed E-state index contributed by atoms with van der Waals surface area (Å²) in [5.41, 5.74) is 0.473. The molecule has 0 unspecified atom stereocenters. The number of ether oxygens (including phenoxy) is 1. The van der Waals surface area contributed by atoms with Gasteiger partial charge in [0.2, 0.25) is 0 Å². The van der Waals surface area contributed by atoms with Crippen LogP contribution in [0.4, 0.5) is 16.8 Å². The SMILES string of the molecule is CC(=O)OCCN1CCN(c2cc(Nc3nc(C)c(C(=O)O)s3)nc(C)n2)CC1. The van der Waals surface area contributed by atoms with Gasteiger partial charge < -0.3 is 20.1 Å². The molecule has 1 fully saturated rings. The smallest absolute Gasteiger partial charge is 0.347 e. The van der Waals surface area contributed by atoms with Crippen molar-refractivity contribution in [3.63, 3.8) is 0 Å². The Labute approximate surface area is 172 Å². The van der Waals surface area contributed by atoms with Crippen LogP contribution in [0.2, 0.25) is 0 Å². The van der Waals surface area contributed by atoms with Crippen LogP contribution in [-0.4, -0.2) is 76.2 Å². The number of aryl methyl sites for hydroxylation is 2. The fraction of sp³-hybridized carbons (Fsp3) is 0.500. The second kappa shape index (κ2) is 9.14. The summed E-state index contributed by atoms with van der Waals surface area (Å²) in [4.78, 5) is 39.9. The molecule has 0 bridgehead atoms. The molecule has 1 aliphatic rings. The van der Waals surface area contributed by atoms with Crippen molar-refractivity contribution in [3.05, 3.63) is 22.5 Å². The zero-order chi connectivity index (χ0) is 21.0. The molecule has 0 spiro atoms. The summed E-state index contributed by atoms with van der Waals surface area (Å²) in [6.45, 7) is 9.32. The van der Waals surface area contributed by atoms with E-state index < -0.39 is 5.97 Å². The lowest BCUT2D eigenvalue weighted by Crippen LogP contribution is -2.47. The lowest BCUT2D eigenvalue weighted by Gasteiger charge is -2.35. The van der Waals surface area contributed by atoms with Gasteiger partial charge in [-0.15, -0.1) is 0 Å². The molecule has 0 aliphatic carbocycles. The van der Waals surface area contributed by atoms with Crippen molar-refractivity contribution in [2.45, 2.75) is 20.8 Å². The zero-order valence-electron chi connectivity index (χ0n) is 16.6. The molecule has 0 saturated carbocycles. The Balaban J connectivity index is 1.63. The molecule has 1 saturated heterocycles. The summed E-state index contributed by atoms with van der Waals surface area (Å²) in [5.74, 6) is 0.765. The number of nitrogens with one attached hydrogen (secondary N) is 1. The van der Waals surface area contributed by atoms with Gasteiger partial charge >= 0.3 is 11.9 Å². The van der Waals surface area contributed by atoms with Gasteiger partial charge in [-0.2, -0.15) is 0 Å². The maximum Gasteiger partial charge on any atom is 0.347 e. The van der Waals surface area contributed by atoms with E-state index in [1.165, 1.54) is 6.92 Å². The highest BCUT2D eigenvalue weighted by molar-refractivity contribution is 7.17. The van der Waals surface area contributed by atoms with E-state index >= 15 is 0 Å². The number of carbonyl (C=O) groups excluding carboxylic acids is 1. The predicted molar refractivity (Wildman–Crippen MR) is 109 cm³/mol. The van der Waals surface area contributed by atoms with Crippen molar-refractivity contribution < 1.29 is 19.4 Å². The zero-order valence-corrected chi connectivity index (χ0v) is 17.5. The first kappa shape index (κ1) is 20.9. The van der Waals surface area contributed by atoms with Gasteiger partial charge in [-0.25, -0.2) is 19.7 Å². The number of nitrogens with zero attached hydrogens (tertiary/aromatic N) is 5. The van der Waals surface area contributed by atoms with Gasteiger partial charge in [-0.05, 0) is 13.8 Å². The summed E-state index contributed by atoms with van der Waals surface area (Å²) in [6.07, 6.45) is 0. The lowest BCUT2D eigenvalue weighted by molar-refractivity contribution is -0.141. The molecular formula is C18H24N6O4S. The van der Waals surface area contributed by atoms with E-state index in [2.05, 4.69) is 30.1 Å². The van der Waals surface area contributed by atoms with E-state index in [4.69, 9.17) is 4.74 Å². The maximum absolute atomic E-state index is 11.2. The average molecular weight is 420 g/mol. The molecule has 2 N–H and O–H groups in total. The Morgan fingerprint density at radius 2 is 1.93 bits per heavy atom. The highest BCUT2D eigenvalue weighted by Gasteiger charge is 2.20. The van der Waals surface area contributed by atoms with Crippen molar-refractivity contribution >= 4 is 40.0 Å². The predicted octanol–water partition coefficient (Wildman–Crippen LogP) is 1.68. The molecular weight excluding hydrogens is 396 g/mol. The van der Waals surface area contributed by atoms with Crippen molar-refractivity contribution in [3.8, 4) is 0 Å². The molecule has 2 aromatic heterocycles. The third-order valence-corrected chi connectivity index (χ3v) is 5.52. The number of carbonyl (C=O) groups is 2. The molecule has 3 rings (SSSR count). The van der Waals surface area contributed by atoms with Crippen LogP contribution in [0, 0.1) is 13.8 Å². The van der Waals surface area contributed by atoms with Crippen LogP contribution in [-0.2, 0) is 9.53 Å². The quantitative estimate of drug-likeness (QED) is 0.640. The van der Waals surface area contributed by atoms with Crippen LogP contribution in [0.1, 0.15) is 28.1 Å². The minimum atomic E-state index is -0.987. The highest BCUT2D eigenvalue weighted by atomic mass is 32.1. The fourth-order valence-electron chi connectivity index (χ4n) is 3.05. The van der Waals surface area contributed by atoms with Gasteiger partial charge in [-0.3, -0.25) is 9.69 Å². The van der Waals surface area contributed by atoms with E-state index in [0.717, 1.165) is 49.9 Å². The van der Waals surface area contributed by atoms with Crippen molar-refractivity contribution in [2.75, 3.05) is 49.5 Å². The van der Waals surface area contributed by atoms with E-state index in [1.54, 1.807) is 6.92 Å². The summed E-state index contributed by atoms with van der Waals surface area (Å²) in [5, 5.41) is 12.8. The number of carboxylic acids is 1. The van der Waals surface area contributed by atoms with Gasteiger partial charge in [0.15, 0.2) is 5.13 Å². The van der Waals surface area contributed by atoms with Gasteiger partial charge in [0.1, 0.15) is 28.9 Å². The van der Waals surface area contributed by atoms with E-state index in [9.17, 15) is 14.7 Å². The first-order valence-electron chi connectivity index (χ1n) is 9.26. The number of aromatic nitrogens is 3. The molecule has 156 valence electrons. The third kappa shape index (κ3) is 5.61. The molecule has 3 heterocycles. The van der Waals surface area contributed by atoms with Crippen LogP contribution in [0.15, 0.2) is 6.07 Å². The second-order valence-corrected chi connectivity index (χ2v) is 7.69. The third-order valence-electron chi connectivity index (χ3n) is 4.46. The number of rotatable bonds is 7. The summed E-state index contributed by atoms with van der Waals surface area (Å²) in [7, 11) is 0. The summed E-state index contributed by atoms with van der Waals surface area (Å²) >= 11 is 1.08. The number of piperazine rings is 1. The Bertz CT molecular complexity index is 894. The van der Waals surface area contributed by atoms with Crippen molar-refractivity contribution in [1.82, 2.24) is 19.9 Å². The second-order valence-electron chi connectivity index (χ2n) is 6.69. The van der Waals surface area contributed by atoms with Crippen LogP contribution in [0.25, 0.3) is 0 Å². The first-order valence-corrected chi connectivity index (χ1v) is 10.1. The Kier molecular flexibility index (Phi) is 6.60. The molecule has 10 nitrogen and oxygen atoms in total. The maximum atomic E-state index is 11.2. The van der Waals surface area contributed by atoms with Crippen LogP contribution < -0.4 is 10.2 Å². The van der Waals surface area contributed by atoms with Crippen LogP contribution >= 0.6 is 11.3 Å². The number of aromatic carboxylic acids is 1. The monoisotopic (exact) mass is 420 g/mol. The Morgan fingerprint density at radius 3 is 2.55 bits per heavy atom. The number of carboxylic acid groups (broad SMARTS) is 1. The fourth-order valence-corrected chi connectivity index (χ4v) is 3.87. The number of anilines is 3. The Morgan fingerprint density at radius 1 is 1.21 bits per heavy atom. The van der Waals surface area contributed by atoms with Crippen LogP contribution in [0.5, 0.6) is 0 Å². The minimum absolute atomic E-state index is 0.211.